The SMILES string of the molecule is Fc1ccc(Br)c(-c2noc(C3COCCN3)n2)c1. The second-order valence-electron chi connectivity index (χ2n) is 4.16. The Hall–Kier alpha value is -1.31. The fraction of sp³-hybridized carbons (Fsp3) is 0.333. The zero-order valence-electron chi connectivity index (χ0n) is 9.90. The molecule has 1 saturated heterocycles. The summed E-state index contributed by atoms with van der Waals surface area (Å²) >= 11 is 3.34. The average molecular weight is 328 g/mol. The van der Waals surface area contributed by atoms with Crippen LogP contribution < -0.4 is 5.32 Å². The Balaban J connectivity index is 1.89. The number of ether oxygens (including phenoxy) is 1. The molecule has 0 radical (unpaired) electrons. The lowest BCUT2D eigenvalue weighted by molar-refractivity contribution is 0.0659. The van der Waals surface area contributed by atoms with E-state index in [-0.39, 0.29) is 11.9 Å². The van der Waals surface area contributed by atoms with Crippen LogP contribution in [0.1, 0.15) is 11.9 Å². The second-order valence-corrected chi connectivity index (χ2v) is 5.02. The summed E-state index contributed by atoms with van der Waals surface area (Å²) in [6, 6.07) is 4.24. The van der Waals surface area contributed by atoms with Crippen molar-refractivity contribution in [2.75, 3.05) is 19.8 Å². The third-order valence-electron chi connectivity index (χ3n) is 2.83. The summed E-state index contributed by atoms with van der Waals surface area (Å²) in [7, 11) is 0. The molecule has 1 aromatic carbocycles. The summed E-state index contributed by atoms with van der Waals surface area (Å²) in [5, 5.41) is 7.10. The molecule has 1 atom stereocenters. The zero-order chi connectivity index (χ0) is 13.2. The predicted octanol–water partition coefficient (Wildman–Crippen LogP) is 2.30. The van der Waals surface area contributed by atoms with E-state index in [4.69, 9.17) is 9.26 Å². The van der Waals surface area contributed by atoms with Crippen molar-refractivity contribution in [2.45, 2.75) is 6.04 Å². The van der Waals surface area contributed by atoms with E-state index in [1.807, 2.05) is 0 Å². The Morgan fingerprint density at radius 3 is 3.11 bits per heavy atom. The smallest absolute Gasteiger partial charge is 0.246 e. The summed E-state index contributed by atoms with van der Waals surface area (Å²) in [4.78, 5) is 4.29. The summed E-state index contributed by atoms with van der Waals surface area (Å²) in [5.74, 6) is 0.461. The molecule has 7 heteroatoms. The molecule has 2 aromatic rings. The van der Waals surface area contributed by atoms with E-state index in [2.05, 4.69) is 31.4 Å². The Morgan fingerprint density at radius 2 is 2.32 bits per heavy atom. The van der Waals surface area contributed by atoms with Gasteiger partial charge in [0.05, 0.1) is 13.2 Å². The molecule has 0 bridgehead atoms. The highest BCUT2D eigenvalue weighted by Crippen LogP contribution is 2.27. The highest BCUT2D eigenvalue weighted by Gasteiger charge is 2.22. The van der Waals surface area contributed by atoms with Crippen molar-refractivity contribution in [3.05, 3.63) is 34.4 Å². The molecule has 19 heavy (non-hydrogen) atoms. The van der Waals surface area contributed by atoms with Crippen LogP contribution in [-0.4, -0.2) is 29.9 Å². The number of hydrogen-bond donors (Lipinski definition) is 1. The van der Waals surface area contributed by atoms with Crippen LogP contribution in [0.5, 0.6) is 0 Å². The minimum absolute atomic E-state index is 0.109. The maximum absolute atomic E-state index is 13.3. The number of rotatable bonds is 2. The van der Waals surface area contributed by atoms with Gasteiger partial charge in [-0.2, -0.15) is 4.98 Å². The van der Waals surface area contributed by atoms with Gasteiger partial charge in [-0.05, 0) is 18.2 Å². The third-order valence-corrected chi connectivity index (χ3v) is 3.52. The van der Waals surface area contributed by atoms with E-state index in [1.54, 1.807) is 6.07 Å². The zero-order valence-corrected chi connectivity index (χ0v) is 11.5. The van der Waals surface area contributed by atoms with Gasteiger partial charge in [-0.3, -0.25) is 0 Å². The lowest BCUT2D eigenvalue weighted by Crippen LogP contribution is -2.34. The molecule has 0 saturated carbocycles. The van der Waals surface area contributed by atoms with Crippen molar-refractivity contribution in [3.8, 4) is 11.4 Å². The van der Waals surface area contributed by atoms with E-state index in [9.17, 15) is 4.39 Å². The third kappa shape index (κ3) is 2.68. The molecule has 3 rings (SSSR count). The van der Waals surface area contributed by atoms with Gasteiger partial charge in [-0.1, -0.05) is 21.1 Å². The first-order chi connectivity index (χ1) is 9.24. The van der Waals surface area contributed by atoms with Crippen molar-refractivity contribution < 1.29 is 13.7 Å². The summed E-state index contributed by atoms with van der Waals surface area (Å²) in [5.41, 5.74) is 0.562. The first-order valence-corrected chi connectivity index (χ1v) is 6.63. The Morgan fingerprint density at radius 1 is 1.42 bits per heavy atom. The van der Waals surface area contributed by atoms with Gasteiger partial charge in [-0.15, -0.1) is 0 Å². The van der Waals surface area contributed by atoms with Gasteiger partial charge in [0, 0.05) is 16.6 Å². The Kier molecular flexibility index (Phi) is 3.58. The van der Waals surface area contributed by atoms with E-state index < -0.39 is 0 Å². The number of nitrogens with one attached hydrogen (secondary N) is 1. The molecule has 1 aliphatic heterocycles. The fourth-order valence-corrected chi connectivity index (χ4v) is 2.30. The molecular weight excluding hydrogens is 317 g/mol. The molecule has 1 fully saturated rings. The van der Waals surface area contributed by atoms with E-state index in [0.29, 0.717) is 35.0 Å². The van der Waals surface area contributed by atoms with Crippen LogP contribution in [0.25, 0.3) is 11.4 Å². The molecule has 100 valence electrons. The fourth-order valence-electron chi connectivity index (χ4n) is 1.88. The maximum Gasteiger partial charge on any atom is 0.246 e. The maximum atomic E-state index is 13.3. The van der Waals surface area contributed by atoms with E-state index >= 15 is 0 Å². The number of morpholine rings is 1. The quantitative estimate of drug-likeness (QED) is 0.917. The number of nitrogens with zero attached hydrogens (tertiary/aromatic N) is 2. The summed E-state index contributed by atoms with van der Waals surface area (Å²) in [6.07, 6.45) is 0. The minimum Gasteiger partial charge on any atom is -0.378 e. The van der Waals surface area contributed by atoms with Crippen molar-refractivity contribution in [1.29, 1.82) is 0 Å². The van der Waals surface area contributed by atoms with Gasteiger partial charge >= 0.3 is 0 Å². The molecule has 0 spiro atoms. The van der Waals surface area contributed by atoms with Gasteiger partial charge < -0.3 is 14.6 Å². The van der Waals surface area contributed by atoms with Crippen molar-refractivity contribution in [3.63, 3.8) is 0 Å². The van der Waals surface area contributed by atoms with Gasteiger partial charge in [0.25, 0.3) is 0 Å². The molecular formula is C12H11BrFN3O2. The van der Waals surface area contributed by atoms with Crippen LogP contribution in [0.2, 0.25) is 0 Å². The molecule has 1 N–H and O–H groups in total. The highest BCUT2D eigenvalue weighted by molar-refractivity contribution is 9.10. The monoisotopic (exact) mass is 327 g/mol. The Labute approximate surface area is 117 Å². The molecule has 1 aliphatic rings. The van der Waals surface area contributed by atoms with Crippen LogP contribution >= 0.6 is 15.9 Å². The molecule has 2 heterocycles. The minimum atomic E-state index is -0.344. The Bertz CT molecular complexity index is 584. The first-order valence-electron chi connectivity index (χ1n) is 5.84. The summed E-state index contributed by atoms with van der Waals surface area (Å²) in [6.45, 7) is 1.91. The predicted molar refractivity (Wildman–Crippen MR) is 69.0 cm³/mol. The van der Waals surface area contributed by atoms with E-state index in [1.165, 1.54) is 12.1 Å². The van der Waals surface area contributed by atoms with Crippen LogP contribution in [-0.2, 0) is 4.74 Å². The van der Waals surface area contributed by atoms with Crippen molar-refractivity contribution in [1.82, 2.24) is 15.5 Å². The topological polar surface area (TPSA) is 60.2 Å². The second kappa shape index (κ2) is 5.36. The van der Waals surface area contributed by atoms with Crippen LogP contribution in [0.15, 0.2) is 27.2 Å². The molecule has 1 unspecified atom stereocenters. The molecule has 0 amide bonds. The normalized spacial score (nSPS) is 19.6. The average Bonchev–Trinajstić information content (AvgIpc) is 2.92. The van der Waals surface area contributed by atoms with Gasteiger partial charge in [0.2, 0.25) is 11.7 Å². The lowest BCUT2D eigenvalue weighted by atomic mass is 10.2. The molecule has 5 nitrogen and oxygen atoms in total. The standard InChI is InChI=1S/C12H11BrFN3O2/c13-9-2-1-7(14)5-8(9)11-16-12(19-17-11)10-6-18-4-3-15-10/h1-2,5,10,15H,3-4,6H2. The van der Waals surface area contributed by atoms with Crippen molar-refractivity contribution >= 4 is 15.9 Å². The number of aromatic nitrogens is 2. The van der Waals surface area contributed by atoms with E-state index in [0.717, 1.165) is 6.54 Å². The van der Waals surface area contributed by atoms with Crippen LogP contribution in [0.4, 0.5) is 4.39 Å². The lowest BCUT2D eigenvalue weighted by Gasteiger charge is -2.20. The number of hydrogen-bond acceptors (Lipinski definition) is 5. The molecule has 1 aromatic heterocycles. The first kappa shape index (κ1) is 12.7. The van der Waals surface area contributed by atoms with Gasteiger partial charge in [0.15, 0.2) is 0 Å². The van der Waals surface area contributed by atoms with Crippen LogP contribution in [0.3, 0.4) is 0 Å². The highest BCUT2D eigenvalue weighted by atomic mass is 79.9. The van der Waals surface area contributed by atoms with Crippen molar-refractivity contribution in [2.24, 2.45) is 0 Å². The van der Waals surface area contributed by atoms with Crippen LogP contribution in [0, 0.1) is 5.82 Å². The molecule has 0 aliphatic carbocycles. The van der Waals surface area contributed by atoms with Gasteiger partial charge in [0.1, 0.15) is 11.9 Å². The number of benzene rings is 1. The number of halogens is 2. The van der Waals surface area contributed by atoms with Gasteiger partial charge in [-0.25, -0.2) is 4.39 Å². The summed E-state index contributed by atoms with van der Waals surface area (Å²) < 4.78 is 24.5. The largest absolute Gasteiger partial charge is 0.378 e.